The zero-order chi connectivity index (χ0) is 27.3. The van der Waals surface area contributed by atoms with Crippen LogP contribution in [0.5, 0.6) is 0 Å². The van der Waals surface area contributed by atoms with Gasteiger partial charge in [0.05, 0.1) is 6.04 Å². The number of nitrogens with one attached hydrogen (secondary N) is 2. The summed E-state index contributed by atoms with van der Waals surface area (Å²) in [5, 5.41) is 1.88. The van der Waals surface area contributed by atoms with Gasteiger partial charge in [0.15, 0.2) is 11.6 Å². The summed E-state index contributed by atoms with van der Waals surface area (Å²) < 4.78 is 0. The number of nitrogens with zero attached hydrogens (tertiary/aromatic N) is 4. The van der Waals surface area contributed by atoms with E-state index < -0.39 is 0 Å². The normalized spacial score (nSPS) is 13.9. The number of nitrogens with two attached hydrogens (primary N) is 1. The third-order valence-electron chi connectivity index (χ3n) is 7.40. The first-order valence-corrected chi connectivity index (χ1v) is 13.4. The van der Waals surface area contributed by atoms with Crippen LogP contribution in [0.1, 0.15) is 27.5 Å². The quantitative estimate of drug-likeness (QED) is 0.259. The van der Waals surface area contributed by atoms with Gasteiger partial charge in [-0.15, -0.1) is 0 Å². The maximum Gasteiger partial charge on any atom is 0.270 e. The molecular weight excluding hydrogens is 498 g/mol. The predicted molar refractivity (Wildman–Crippen MR) is 160 cm³/mol. The van der Waals surface area contributed by atoms with Crippen LogP contribution in [-0.2, 0) is 0 Å². The number of hydrogen-bond donors (Lipinski definition) is 3. The van der Waals surface area contributed by atoms with Crippen LogP contribution in [0.25, 0.3) is 10.8 Å². The van der Waals surface area contributed by atoms with Gasteiger partial charge in [-0.05, 0) is 28.0 Å². The number of rotatable bonds is 7. The zero-order valence-corrected chi connectivity index (χ0v) is 22.1. The molecule has 1 saturated heterocycles. The highest BCUT2D eigenvalue weighted by Gasteiger charge is 2.28. The van der Waals surface area contributed by atoms with Crippen molar-refractivity contribution in [2.75, 3.05) is 42.2 Å². The lowest BCUT2D eigenvalue weighted by atomic mass is 9.96. The van der Waals surface area contributed by atoms with Gasteiger partial charge in [-0.2, -0.15) is 0 Å². The largest absolute Gasteiger partial charge is 0.393 e. The number of anilines is 3. The van der Waals surface area contributed by atoms with Gasteiger partial charge in [-0.3, -0.25) is 20.5 Å². The molecule has 8 nitrogen and oxygen atoms in total. The fourth-order valence-corrected chi connectivity index (χ4v) is 5.42. The van der Waals surface area contributed by atoms with Crippen molar-refractivity contribution in [2.45, 2.75) is 6.04 Å². The van der Waals surface area contributed by atoms with Crippen LogP contribution in [0.2, 0.25) is 0 Å². The average Bonchev–Trinajstić information content (AvgIpc) is 3.02. The van der Waals surface area contributed by atoms with Gasteiger partial charge in [0.2, 0.25) is 0 Å². The number of piperazine rings is 1. The third-order valence-corrected chi connectivity index (χ3v) is 7.40. The maximum absolute atomic E-state index is 13.0. The van der Waals surface area contributed by atoms with Gasteiger partial charge in [-0.1, -0.05) is 97.1 Å². The van der Waals surface area contributed by atoms with Crippen molar-refractivity contribution < 1.29 is 4.79 Å². The first-order chi connectivity index (χ1) is 19.7. The monoisotopic (exact) mass is 529 g/mol. The summed E-state index contributed by atoms with van der Waals surface area (Å²) in [4.78, 5) is 26.4. The Kier molecular flexibility index (Phi) is 7.24. The SMILES string of the molecule is Nc1c(NNC(=O)c2cccc3ccccc23)ncnc1N1CCN(C(c2ccccc2)c2ccccc2)CC1. The van der Waals surface area contributed by atoms with Crippen LogP contribution in [-0.4, -0.2) is 47.0 Å². The molecule has 40 heavy (non-hydrogen) atoms. The molecule has 0 saturated carbocycles. The Morgan fingerprint density at radius 1 is 0.750 bits per heavy atom. The Morgan fingerprint density at radius 2 is 1.38 bits per heavy atom. The Labute approximate surface area is 233 Å². The highest BCUT2D eigenvalue weighted by atomic mass is 16.2. The van der Waals surface area contributed by atoms with Crippen LogP contribution < -0.4 is 21.5 Å². The van der Waals surface area contributed by atoms with Gasteiger partial charge in [0, 0.05) is 31.7 Å². The van der Waals surface area contributed by atoms with Gasteiger partial charge in [0.1, 0.15) is 12.0 Å². The molecule has 8 heteroatoms. The van der Waals surface area contributed by atoms with E-state index in [1.165, 1.54) is 17.5 Å². The molecule has 1 fully saturated rings. The Hall–Kier alpha value is -4.95. The van der Waals surface area contributed by atoms with Crippen LogP contribution in [0.3, 0.4) is 0 Å². The van der Waals surface area contributed by atoms with Crippen molar-refractivity contribution in [1.29, 1.82) is 0 Å². The minimum Gasteiger partial charge on any atom is -0.393 e. The number of carbonyl (C=O) groups excluding carboxylic acids is 1. The Bertz CT molecular complexity index is 1560. The van der Waals surface area contributed by atoms with Crippen LogP contribution in [0.4, 0.5) is 17.3 Å². The van der Waals surface area contributed by atoms with Gasteiger partial charge in [0.25, 0.3) is 5.91 Å². The molecule has 5 aromatic rings. The summed E-state index contributed by atoms with van der Waals surface area (Å²) in [5.41, 5.74) is 15.7. The van der Waals surface area contributed by atoms with E-state index in [1.54, 1.807) is 6.07 Å². The Balaban J connectivity index is 1.15. The van der Waals surface area contributed by atoms with Crippen molar-refractivity contribution in [2.24, 2.45) is 0 Å². The zero-order valence-electron chi connectivity index (χ0n) is 22.1. The number of amides is 1. The van der Waals surface area contributed by atoms with Crippen molar-refractivity contribution in [1.82, 2.24) is 20.3 Å². The number of carbonyl (C=O) groups is 1. The molecule has 1 amide bonds. The Morgan fingerprint density at radius 3 is 2.08 bits per heavy atom. The van der Waals surface area contributed by atoms with Gasteiger partial charge >= 0.3 is 0 Å². The van der Waals surface area contributed by atoms with E-state index in [-0.39, 0.29) is 11.9 Å². The maximum atomic E-state index is 13.0. The molecule has 2 heterocycles. The summed E-state index contributed by atoms with van der Waals surface area (Å²) >= 11 is 0. The van der Waals surface area contributed by atoms with Crippen molar-refractivity contribution in [3.63, 3.8) is 0 Å². The second-order valence-electron chi connectivity index (χ2n) is 9.81. The van der Waals surface area contributed by atoms with Gasteiger partial charge < -0.3 is 10.6 Å². The highest BCUT2D eigenvalue weighted by Crippen LogP contribution is 2.32. The summed E-state index contributed by atoms with van der Waals surface area (Å²) in [6, 6.07) is 34.9. The molecular formula is C32H31N7O. The summed E-state index contributed by atoms with van der Waals surface area (Å²) in [7, 11) is 0. The molecule has 4 aromatic carbocycles. The molecule has 1 aromatic heterocycles. The van der Waals surface area contributed by atoms with Crippen molar-refractivity contribution in [3.8, 4) is 0 Å². The topological polar surface area (TPSA) is 99.4 Å². The van der Waals surface area contributed by atoms with E-state index in [0.29, 0.717) is 22.9 Å². The smallest absolute Gasteiger partial charge is 0.270 e. The van der Waals surface area contributed by atoms with E-state index in [2.05, 4.69) is 91.3 Å². The minimum atomic E-state index is -0.266. The lowest BCUT2D eigenvalue weighted by molar-refractivity contribution is 0.0964. The fourth-order valence-electron chi connectivity index (χ4n) is 5.42. The number of aromatic nitrogens is 2. The molecule has 4 N–H and O–H groups in total. The van der Waals surface area contributed by atoms with E-state index in [9.17, 15) is 4.79 Å². The highest BCUT2D eigenvalue weighted by molar-refractivity contribution is 6.07. The standard InChI is InChI=1S/C32H31N7O/c33-28-30(36-37-32(40)27-17-9-15-23-10-7-8-16-26(23)27)34-22-35-31(28)39-20-18-38(19-21-39)29(24-11-3-1-4-12-24)25-13-5-2-6-14-25/h1-17,22,29H,18-21,33H2,(H,37,40)(H,34,35,36). The molecule has 6 rings (SSSR count). The third kappa shape index (κ3) is 5.17. The molecule has 0 unspecified atom stereocenters. The average molecular weight is 530 g/mol. The van der Waals surface area contributed by atoms with Crippen LogP contribution in [0.15, 0.2) is 109 Å². The van der Waals surface area contributed by atoms with Crippen LogP contribution >= 0.6 is 0 Å². The number of benzene rings is 4. The summed E-state index contributed by atoms with van der Waals surface area (Å²) in [5.74, 6) is 0.762. The number of hydrazine groups is 1. The first-order valence-electron chi connectivity index (χ1n) is 13.4. The molecule has 0 radical (unpaired) electrons. The first kappa shape index (κ1) is 25.3. The molecule has 0 atom stereocenters. The second kappa shape index (κ2) is 11.4. The van der Waals surface area contributed by atoms with Gasteiger partial charge in [-0.25, -0.2) is 9.97 Å². The molecule has 200 valence electrons. The second-order valence-corrected chi connectivity index (χ2v) is 9.81. The lowest BCUT2D eigenvalue weighted by Crippen LogP contribution is -2.48. The number of fused-ring (bicyclic) bond motifs is 1. The van der Waals surface area contributed by atoms with E-state index in [4.69, 9.17) is 5.73 Å². The molecule has 1 aliphatic heterocycles. The van der Waals surface area contributed by atoms with Crippen LogP contribution in [0, 0.1) is 0 Å². The lowest BCUT2D eigenvalue weighted by Gasteiger charge is -2.40. The number of nitrogen functional groups attached to an aromatic ring is 1. The number of hydrogen-bond acceptors (Lipinski definition) is 7. The predicted octanol–water partition coefficient (Wildman–Crippen LogP) is 4.88. The van der Waals surface area contributed by atoms with E-state index in [0.717, 1.165) is 37.0 Å². The molecule has 0 spiro atoms. The molecule has 0 bridgehead atoms. The molecule has 0 aliphatic carbocycles. The van der Waals surface area contributed by atoms with E-state index >= 15 is 0 Å². The van der Waals surface area contributed by atoms with Crippen molar-refractivity contribution >= 4 is 34.0 Å². The summed E-state index contributed by atoms with van der Waals surface area (Å²) in [6.07, 6.45) is 1.47. The van der Waals surface area contributed by atoms with E-state index in [1.807, 2.05) is 36.4 Å². The minimum absolute atomic E-state index is 0.175. The summed E-state index contributed by atoms with van der Waals surface area (Å²) in [6.45, 7) is 3.22. The fraction of sp³-hybridized carbons (Fsp3) is 0.156. The van der Waals surface area contributed by atoms with Crippen molar-refractivity contribution in [3.05, 3.63) is 126 Å². The molecule has 1 aliphatic rings.